The van der Waals surface area contributed by atoms with Gasteiger partial charge in [0.15, 0.2) is 0 Å². The monoisotopic (exact) mass is 264 g/mol. The van der Waals surface area contributed by atoms with Crippen molar-refractivity contribution in [1.29, 1.82) is 0 Å². The van der Waals surface area contributed by atoms with Crippen LogP contribution in [0.4, 0.5) is 4.39 Å². The van der Waals surface area contributed by atoms with Gasteiger partial charge in [0, 0.05) is 13.6 Å². The Morgan fingerprint density at radius 2 is 1.89 bits per heavy atom. The van der Waals surface area contributed by atoms with Crippen molar-refractivity contribution < 1.29 is 9.18 Å². The Bertz CT molecular complexity index is 438. The zero-order chi connectivity index (χ0) is 13.9. The fourth-order valence-corrected chi connectivity index (χ4v) is 2.65. The van der Waals surface area contributed by atoms with Crippen LogP contribution in [0.1, 0.15) is 31.2 Å². The first-order chi connectivity index (χ1) is 9.01. The van der Waals surface area contributed by atoms with Crippen molar-refractivity contribution in [2.75, 3.05) is 13.6 Å². The Morgan fingerprint density at radius 3 is 2.47 bits per heavy atom. The summed E-state index contributed by atoms with van der Waals surface area (Å²) in [6.45, 7) is 0.614. The summed E-state index contributed by atoms with van der Waals surface area (Å²) in [6.07, 6.45) is 4.36. The molecular weight excluding hydrogens is 243 g/mol. The summed E-state index contributed by atoms with van der Waals surface area (Å²) in [4.78, 5) is 14.0. The number of carbonyl (C=O) groups excluding carboxylic acids is 1. The van der Waals surface area contributed by atoms with Crippen molar-refractivity contribution in [3.8, 4) is 0 Å². The highest BCUT2D eigenvalue weighted by Crippen LogP contribution is 2.28. The van der Waals surface area contributed by atoms with E-state index in [1.165, 1.54) is 12.1 Å². The number of amides is 1. The van der Waals surface area contributed by atoms with Crippen molar-refractivity contribution in [3.63, 3.8) is 0 Å². The molecule has 0 bridgehead atoms. The highest BCUT2D eigenvalue weighted by atomic mass is 19.1. The van der Waals surface area contributed by atoms with Crippen molar-refractivity contribution in [2.24, 2.45) is 5.73 Å². The molecule has 0 unspecified atom stereocenters. The second kappa shape index (κ2) is 5.70. The lowest BCUT2D eigenvalue weighted by Gasteiger charge is -2.28. The van der Waals surface area contributed by atoms with E-state index in [4.69, 9.17) is 5.73 Å². The molecule has 1 fully saturated rings. The first-order valence-electron chi connectivity index (χ1n) is 6.80. The minimum atomic E-state index is -0.655. The van der Waals surface area contributed by atoms with Gasteiger partial charge in [-0.15, -0.1) is 0 Å². The van der Waals surface area contributed by atoms with Gasteiger partial charge in [-0.25, -0.2) is 4.39 Å². The van der Waals surface area contributed by atoms with Crippen molar-refractivity contribution in [3.05, 3.63) is 35.6 Å². The molecule has 1 aliphatic carbocycles. The van der Waals surface area contributed by atoms with Gasteiger partial charge in [0.1, 0.15) is 5.82 Å². The SMILES string of the molecule is CN(CCc1ccc(F)cc1)C(=O)C1(N)CCCC1. The van der Waals surface area contributed by atoms with Gasteiger partial charge >= 0.3 is 0 Å². The quantitative estimate of drug-likeness (QED) is 0.905. The number of nitrogens with zero attached hydrogens (tertiary/aromatic N) is 1. The third-order valence-corrected chi connectivity index (χ3v) is 3.92. The normalized spacial score (nSPS) is 17.4. The van der Waals surface area contributed by atoms with E-state index < -0.39 is 5.54 Å². The third-order valence-electron chi connectivity index (χ3n) is 3.92. The van der Waals surface area contributed by atoms with E-state index >= 15 is 0 Å². The molecule has 0 heterocycles. The molecule has 1 aliphatic rings. The van der Waals surface area contributed by atoms with Gasteiger partial charge in [-0.3, -0.25) is 4.79 Å². The summed E-state index contributed by atoms with van der Waals surface area (Å²) in [5, 5.41) is 0. The molecule has 2 rings (SSSR count). The van der Waals surface area contributed by atoms with E-state index in [-0.39, 0.29) is 11.7 Å². The first-order valence-corrected chi connectivity index (χ1v) is 6.80. The number of likely N-dealkylation sites (N-methyl/N-ethyl adjacent to an activating group) is 1. The molecule has 0 saturated heterocycles. The summed E-state index contributed by atoms with van der Waals surface area (Å²) >= 11 is 0. The van der Waals surface area contributed by atoms with E-state index in [2.05, 4.69) is 0 Å². The third kappa shape index (κ3) is 3.32. The molecule has 0 aliphatic heterocycles. The number of nitrogens with two attached hydrogens (primary N) is 1. The molecule has 3 nitrogen and oxygen atoms in total. The predicted octanol–water partition coefficient (Wildman–Crippen LogP) is 2.10. The molecule has 0 aromatic heterocycles. The van der Waals surface area contributed by atoms with Crippen LogP contribution in [0.25, 0.3) is 0 Å². The largest absolute Gasteiger partial charge is 0.344 e. The maximum absolute atomic E-state index is 12.8. The van der Waals surface area contributed by atoms with Crippen molar-refractivity contribution in [1.82, 2.24) is 4.90 Å². The number of halogens is 1. The Kier molecular flexibility index (Phi) is 4.20. The summed E-state index contributed by atoms with van der Waals surface area (Å²) in [5.74, 6) is -0.202. The van der Waals surface area contributed by atoms with Crippen molar-refractivity contribution >= 4 is 5.91 Å². The number of rotatable bonds is 4. The van der Waals surface area contributed by atoms with E-state index in [1.54, 1.807) is 24.1 Å². The summed E-state index contributed by atoms with van der Waals surface area (Å²) in [6, 6.07) is 6.39. The van der Waals surface area contributed by atoms with Gasteiger partial charge in [0.05, 0.1) is 5.54 Å². The maximum atomic E-state index is 12.8. The number of benzene rings is 1. The summed E-state index contributed by atoms with van der Waals surface area (Å²) in [5.41, 5.74) is 6.52. The predicted molar refractivity (Wildman–Crippen MR) is 73.1 cm³/mol. The molecule has 1 saturated carbocycles. The van der Waals surface area contributed by atoms with Crippen molar-refractivity contribution in [2.45, 2.75) is 37.6 Å². The minimum absolute atomic E-state index is 0.0344. The molecule has 19 heavy (non-hydrogen) atoms. The molecule has 2 N–H and O–H groups in total. The summed E-state index contributed by atoms with van der Waals surface area (Å²) in [7, 11) is 1.79. The average Bonchev–Trinajstić information content (AvgIpc) is 2.85. The Balaban J connectivity index is 1.88. The van der Waals surface area contributed by atoms with Crippen LogP contribution in [0.2, 0.25) is 0 Å². The molecule has 1 aromatic rings. The molecular formula is C15H21FN2O. The van der Waals surface area contributed by atoms with Gasteiger partial charge in [-0.05, 0) is 37.0 Å². The number of hydrogen-bond acceptors (Lipinski definition) is 2. The van der Waals surface area contributed by atoms with E-state index in [9.17, 15) is 9.18 Å². The molecule has 0 atom stereocenters. The highest BCUT2D eigenvalue weighted by molar-refractivity contribution is 5.86. The van der Waals surface area contributed by atoms with E-state index in [0.717, 1.165) is 37.7 Å². The number of hydrogen-bond donors (Lipinski definition) is 1. The lowest BCUT2D eigenvalue weighted by molar-refractivity contribution is -0.135. The minimum Gasteiger partial charge on any atom is -0.344 e. The second-order valence-electron chi connectivity index (χ2n) is 5.47. The standard InChI is InChI=1S/C15H21FN2O/c1-18(14(19)15(17)9-2-3-10-15)11-8-12-4-6-13(16)7-5-12/h4-7H,2-3,8-11,17H2,1H3. The van der Waals surface area contributed by atoms with Crippen LogP contribution in [-0.4, -0.2) is 29.9 Å². The molecule has 104 valence electrons. The van der Waals surface area contributed by atoms with Gasteiger partial charge in [0.2, 0.25) is 5.91 Å². The lowest BCUT2D eigenvalue weighted by atomic mass is 9.97. The average molecular weight is 264 g/mol. The van der Waals surface area contributed by atoms with E-state index in [1.807, 2.05) is 0 Å². The molecule has 0 spiro atoms. The first kappa shape index (κ1) is 14.0. The smallest absolute Gasteiger partial charge is 0.242 e. The zero-order valence-electron chi connectivity index (χ0n) is 11.4. The van der Waals surface area contributed by atoms with Crippen LogP contribution >= 0.6 is 0 Å². The fourth-order valence-electron chi connectivity index (χ4n) is 2.65. The van der Waals surface area contributed by atoms with Gasteiger partial charge in [-0.1, -0.05) is 25.0 Å². The zero-order valence-corrected chi connectivity index (χ0v) is 11.4. The van der Waals surface area contributed by atoms with Crippen LogP contribution < -0.4 is 5.73 Å². The highest BCUT2D eigenvalue weighted by Gasteiger charge is 2.38. The lowest BCUT2D eigenvalue weighted by Crippen LogP contribution is -2.52. The molecule has 1 aromatic carbocycles. The van der Waals surface area contributed by atoms with Gasteiger partial charge in [-0.2, -0.15) is 0 Å². The van der Waals surface area contributed by atoms with E-state index in [0.29, 0.717) is 6.54 Å². The second-order valence-corrected chi connectivity index (χ2v) is 5.47. The molecule has 0 radical (unpaired) electrons. The van der Waals surface area contributed by atoms with Crippen LogP contribution in [-0.2, 0) is 11.2 Å². The Morgan fingerprint density at radius 1 is 1.32 bits per heavy atom. The Hall–Kier alpha value is -1.42. The maximum Gasteiger partial charge on any atom is 0.242 e. The Labute approximate surface area is 113 Å². The van der Waals surface area contributed by atoms with Crippen LogP contribution in [0.15, 0.2) is 24.3 Å². The molecule has 1 amide bonds. The number of carbonyl (C=O) groups is 1. The van der Waals surface area contributed by atoms with Crippen LogP contribution in [0.5, 0.6) is 0 Å². The van der Waals surface area contributed by atoms with Gasteiger partial charge < -0.3 is 10.6 Å². The molecule has 4 heteroatoms. The van der Waals surface area contributed by atoms with Crippen LogP contribution in [0, 0.1) is 5.82 Å². The topological polar surface area (TPSA) is 46.3 Å². The fraction of sp³-hybridized carbons (Fsp3) is 0.533. The van der Waals surface area contributed by atoms with Crippen LogP contribution in [0.3, 0.4) is 0 Å². The summed E-state index contributed by atoms with van der Waals surface area (Å²) < 4.78 is 12.8. The van der Waals surface area contributed by atoms with Gasteiger partial charge in [0.25, 0.3) is 0 Å².